The highest BCUT2D eigenvalue weighted by Crippen LogP contribution is 2.28. The van der Waals surface area contributed by atoms with Gasteiger partial charge in [-0.3, -0.25) is 0 Å². The van der Waals surface area contributed by atoms with E-state index in [-0.39, 0.29) is 5.41 Å². The maximum Gasteiger partial charge on any atom is 0.115 e. The topological polar surface area (TPSA) is 27.1 Å². The summed E-state index contributed by atoms with van der Waals surface area (Å²) >= 11 is 6.07. The van der Waals surface area contributed by atoms with Crippen LogP contribution in [-0.2, 0) is 16.7 Å². The van der Waals surface area contributed by atoms with Crippen molar-refractivity contribution < 1.29 is 4.74 Å². The molecule has 0 unspecified atom stereocenters. The minimum Gasteiger partial charge on any atom is -0.382 e. The van der Waals surface area contributed by atoms with Crippen LogP contribution in [0.5, 0.6) is 0 Å². The quantitative estimate of drug-likeness (QED) is 0.764. The van der Waals surface area contributed by atoms with Crippen LogP contribution in [0.4, 0.5) is 0 Å². The lowest BCUT2D eigenvalue weighted by Crippen LogP contribution is -2.19. The van der Waals surface area contributed by atoms with Gasteiger partial charge in [0.25, 0.3) is 0 Å². The minimum absolute atomic E-state index is 0.0110. The summed E-state index contributed by atoms with van der Waals surface area (Å²) in [4.78, 5) is 4.78. The Morgan fingerprint density at radius 2 is 2.05 bits per heavy atom. The molecule has 0 aliphatic heterocycles. The number of aryl methyl sites for hydroxylation is 1. The molecule has 1 heterocycles. The minimum atomic E-state index is 0.0110. The fraction of sp³-hybridized carbons (Fsp3) is 0.562. The molecule has 0 N–H and O–H groups in total. The molecule has 1 aromatic carbocycles. The summed E-state index contributed by atoms with van der Waals surface area (Å²) in [5.74, 6) is 1.10. The van der Waals surface area contributed by atoms with Crippen LogP contribution < -0.4 is 0 Å². The predicted octanol–water partition coefficient (Wildman–Crippen LogP) is 4.41. The molecule has 110 valence electrons. The van der Waals surface area contributed by atoms with Gasteiger partial charge in [0.1, 0.15) is 5.82 Å². The number of fused-ring (bicyclic) bond motifs is 1. The standard InChI is InChI=1S/C16H23ClN2O/c1-5-20-10-6-9-19-14-8-7-12(17)11-13(14)18-15(19)16(2,3)4/h7-8,11H,5-6,9-10H2,1-4H3. The van der Waals surface area contributed by atoms with Gasteiger partial charge in [-0.15, -0.1) is 0 Å². The van der Waals surface area contributed by atoms with Gasteiger partial charge in [-0.1, -0.05) is 32.4 Å². The van der Waals surface area contributed by atoms with Crippen LogP contribution >= 0.6 is 11.6 Å². The number of benzene rings is 1. The molecule has 0 aliphatic rings. The van der Waals surface area contributed by atoms with E-state index in [4.69, 9.17) is 21.3 Å². The zero-order chi connectivity index (χ0) is 14.8. The first kappa shape index (κ1) is 15.3. The van der Waals surface area contributed by atoms with Crippen LogP contribution in [0, 0.1) is 0 Å². The summed E-state index contributed by atoms with van der Waals surface area (Å²) in [6.07, 6.45) is 0.991. The number of hydrogen-bond acceptors (Lipinski definition) is 2. The highest BCUT2D eigenvalue weighted by Gasteiger charge is 2.22. The molecule has 0 amide bonds. The van der Waals surface area contributed by atoms with E-state index in [2.05, 4.69) is 31.4 Å². The first-order valence-corrected chi connectivity index (χ1v) is 7.55. The third kappa shape index (κ3) is 3.33. The predicted molar refractivity (Wildman–Crippen MR) is 84.6 cm³/mol. The van der Waals surface area contributed by atoms with E-state index in [1.807, 2.05) is 19.1 Å². The van der Waals surface area contributed by atoms with Crippen molar-refractivity contribution in [2.24, 2.45) is 0 Å². The highest BCUT2D eigenvalue weighted by atomic mass is 35.5. The van der Waals surface area contributed by atoms with Crippen LogP contribution in [0.2, 0.25) is 5.02 Å². The van der Waals surface area contributed by atoms with Gasteiger partial charge in [-0.05, 0) is 31.5 Å². The first-order valence-electron chi connectivity index (χ1n) is 7.17. The van der Waals surface area contributed by atoms with Gasteiger partial charge >= 0.3 is 0 Å². The molecule has 3 nitrogen and oxygen atoms in total. The molecule has 0 bridgehead atoms. The lowest BCUT2D eigenvalue weighted by Gasteiger charge is -2.20. The molecule has 0 saturated carbocycles. The van der Waals surface area contributed by atoms with Crippen molar-refractivity contribution in [1.29, 1.82) is 0 Å². The Labute approximate surface area is 125 Å². The van der Waals surface area contributed by atoms with E-state index in [0.717, 1.165) is 48.1 Å². The zero-order valence-electron chi connectivity index (χ0n) is 12.7. The fourth-order valence-electron chi connectivity index (χ4n) is 2.37. The molecule has 0 atom stereocenters. The fourth-order valence-corrected chi connectivity index (χ4v) is 2.54. The molecule has 2 rings (SSSR count). The lowest BCUT2D eigenvalue weighted by molar-refractivity contribution is 0.141. The maximum absolute atomic E-state index is 6.07. The molecule has 0 fully saturated rings. The Hall–Kier alpha value is -1.06. The summed E-state index contributed by atoms with van der Waals surface area (Å²) in [6.45, 7) is 11.1. The van der Waals surface area contributed by atoms with Crippen molar-refractivity contribution >= 4 is 22.6 Å². The lowest BCUT2D eigenvalue weighted by atomic mass is 9.95. The van der Waals surface area contributed by atoms with Gasteiger partial charge in [0.2, 0.25) is 0 Å². The average molecular weight is 295 g/mol. The first-order chi connectivity index (χ1) is 9.43. The molecule has 20 heavy (non-hydrogen) atoms. The second kappa shape index (κ2) is 6.15. The van der Waals surface area contributed by atoms with Crippen LogP contribution in [0.15, 0.2) is 18.2 Å². The van der Waals surface area contributed by atoms with E-state index in [1.165, 1.54) is 0 Å². The largest absolute Gasteiger partial charge is 0.382 e. The molecular weight excluding hydrogens is 272 g/mol. The third-order valence-electron chi connectivity index (χ3n) is 3.26. The Kier molecular flexibility index (Phi) is 4.71. The van der Waals surface area contributed by atoms with Gasteiger partial charge in [-0.25, -0.2) is 4.98 Å². The summed E-state index contributed by atoms with van der Waals surface area (Å²) < 4.78 is 7.73. The van der Waals surface area contributed by atoms with Crippen molar-refractivity contribution in [3.05, 3.63) is 29.0 Å². The second-order valence-corrected chi connectivity index (χ2v) is 6.46. The van der Waals surface area contributed by atoms with E-state index in [9.17, 15) is 0 Å². The Morgan fingerprint density at radius 3 is 2.70 bits per heavy atom. The molecule has 0 spiro atoms. The Balaban J connectivity index is 2.37. The van der Waals surface area contributed by atoms with Gasteiger partial charge in [-0.2, -0.15) is 0 Å². The number of imidazole rings is 1. The number of nitrogens with zero attached hydrogens (tertiary/aromatic N) is 2. The van der Waals surface area contributed by atoms with Crippen LogP contribution in [0.25, 0.3) is 11.0 Å². The van der Waals surface area contributed by atoms with Gasteiger partial charge < -0.3 is 9.30 Å². The SMILES string of the molecule is CCOCCCn1c(C(C)(C)C)nc2cc(Cl)ccc21. The van der Waals surface area contributed by atoms with Crippen LogP contribution in [-0.4, -0.2) is 22.8 Å². The molecule has 2 aromatic rings. The van der Waals surface area contributed by atoms with Gasteiger partial charge in [0.05, 0.1) is 11.0 Å². The molecule has 1 aromatic heterocycles. The summed E-state index contributed by atoms with van der Waals surface area (Å²) in [7, 11) is 0. The van der Waals surface area contributed by atoms with Crippen molar-refractivity contribution in [1.82, 2.24) is 9.55 Å². The summed E-state index contributed by atoms with van der Waals surface area (Å²) in [5, 5.41) is 0.733. The second-order valence-electron chi connectivity index (χ2n) is 6.02. The van der Waals surface area contributed by atoms with E-state index < -0.39 is 0 Å². The van der Waals surface area contributed by atoms with Crippen LogP contribution in [0.3, 0.4) is 0 Å². The number of ether oxygens (including phenoxy) is 1. The Bertz CT molecular complexity index is 584. The monoisotopic (exact) mass is 294 g/mol. The van der Waals surface area contributed by atoms with Crippen molar-refractivity contribution in [2.45, 2.75) is 46.1 Å². The zero-order valence-corrected chi connectivity index (χ0v) is 13.5. The van der Waals surface area contributed by atoms with Crippen molar-refractivity contribution in [3.63, 3.8) is 0 Å². The van der Waals surface area contributed by atoms with Gasteiger partial charge in [0, 0.05) is 30.2 Å². The highest BCUT2D eigenvalue weighted by molar-refractivity contribution is 6.31. The summed E-state index contributed by atoms with van der Waals surface area (Å²) in [5.41, 5.74) is 2.13. The smallest absolute Gasteiger partial charge is 0.115 e. The molecular formula is C16H23ClN2O. The van der Waals surface area contributed by atoms with E-state index in [0.29, 0.717) is 0 Å². The molecule has 0 saturated heterocycles. The Morgan fingerprint density at radius 1 is 1.30 bits per heavy atom. The normalized spacial score (nSPS) is 12.2. The van der Waals surface area contributed by atoms with E-state index >= 15 is 0 Å². The van der Waals surface area contributed by atoms with Crippen molar-refractivity contribution in [3.8, 4) is 0 Å². The number of aromatic nitrogens is 2. The molecule has 0 aliphatic carbocycles. The number of rotatable bonds is 5. The number of hydrogen-bond donors (Lipinski definition) is 0. The maximum atomic E-state index is 6.07. The third-order valence-corrected chi connectivity index (χ3v) is 3.49. The number of halogens is 1. The van der Waals surface area contributed by atoms with Gasteiger partial charge in [0.15, 0.2) is 0 Å². The van der Waals surface area contributed by atoms with E-state index in [1.54, 1.807) is 0 Å². The summed E-state index contributed by atoms with van der Waals surface area (Å²) in [6, 6.07) is 5.92. The van der Waals surface area contributed by atoms with Crippen molar-refractivity contribution in [2.75, 3.05) is 13.2 Å². The van der Waals surface area contributed by atoms with Crippen LogP contribution in [0.1, 0.15) is 39.9 Å². The molecule has 0 radical (unpaired) electrons. The molecule has 4 heteroatoms. The average Bonchev–Trinajstić information content (AvgIpc) is 2.72.